The zero-order chi connectivity index (χ0) is 21.1. The number of benzene rings is 1. The molecule has 0 bridgehead atoms. The lowest BCUT2D eigenvalue weighted by Crippen LogP contribution is -2.08. The van der Waals surface area contributed by atoms with E-state index in [1.54, 1.807) is 11.3 Å². The molecule has 7 heteroatoms. The van der Waals surface area contributed by atoms with Crippen molar-refractivity contribution in [3.8, 4) is 11.4 Å². The molecular formula is C23H24N4OS2. The second-order valence-corrected chi connectivity index (χ2v) is 9.05. The number of hydrogen-bond donors (Lipinski definition) is 0. The van der Waals surface area contributed by atoms with Gasteiger partial charge in [-0.3, -0.25) is 4.79 Å². The number of rotatable bonds is 8. The van der Waals surface area contributed by atoms with Gasteiger partial charge in [0.05, 0.1) is 12.3 Å². The van der Waals surface area contributed by atoms with E-state index < -0.39 is 0 Å². The van der Waals surface area contributed by atoms with E-state index in [2.05, 4.69) is 50.7 Å². The summed E-state index contributed by atoms with van der Waals surface area (Å²) in [6, 6.07) is 16.2. The first kappa shape index (κ1) is 20.6. The number of Topliss-reactive ketones (excluding diaryl/α,β-unsaturated/α-hetero) is 1. The number of carbonyl (C=O) groups excluding carboxylic acids is 1. The lowest BCUT2D eigenvalue weighted by molar-refractivity contribution is 0.102. The molecular weight excluding hydrogens is 412 g/mol. The van der Waals surface area contributed by atoms with Gasteiger partial charge in [-0.05, 0) is 38.3 Å². The summed E-state index contributed by atoms with van der Waals surface area (Å²) in [7, 11) is 0. The van der Waals surface area contributed by atoms with Crippen molar-refractivity contribution in [2.24, 2.45) is 0 Å². The maximum absolute atomic E-state index is 13.0. The Morgan fingerprint density at radius 2 is 1.87 bits per heavy atom. The summed E-state index contributed by atoms with van der Waals surface area (Å²) in [5.41, 5.74) is 3.95. The highest BCUT2D eigenvalue weighted by molar-refractivity contribution is 7.99. The van der Waals surface area contributed by atoms with E-state index in [1.807, 2.05) is 43.3 Å². The van der Waals surface area contributed by atoms with Crippen molar-refractivity contribution in [2.45, 2.75) is 39.0 Å². The fraction of sp³-hybridized carbons (Fsp3) is 0.261. The molecule has 3 heterocycles. The third kappa shape index (κ3) is 4.13. The van der Waals surface area contributed by atoms with Gasteiger partial charge in [0.15, 0.2) is 16.8 Å². The number of aryl methyl sites for hydroxylation is 1. The van der Waals surface area contributed by atoms with Crippen LogP contribution in [0.15, 0.2) is 59.1 Å². The van der Waals surface area contributed by atoms with Gasteiger partial charge in [-0.2, -0.15) is 0 Å². The van der Waals surface area contributed by atoms with E-state index in [9.17, 15) is 4.79 Å². The Kier molecular flexibility index (Phi) is 6.20. The van der Waals surface area contributed by atoms with Crippen LogP contribution in [0.5, 0.6) is 0 Å². The molecule has 0 aliphatic carbocycles. The SMILES string of the molecule is CCn1c(SCC(=O)c2cc(C)n(Cc3cccs3)c2C)nnc1-c1ccccc1. The molecule has 0 fully saturated rings. The zero-order valence-corrected chi connectivity index (χ0v) is 19.0. The quantitative estimate of drug-likeness (QED) is 0.272. The van der Waals surface area contributed by atoms with Gasteiger partial charge in [-0.25, -0.2) is 0 Å². The fourth-order valence-corrected chi connectivity index (χ4v) is 5.15. The molecule has 5 nitrogen and oxygen atoms in total. The minimum Gasteiger partial charge on any atom is -0.343 e. The minimum absolute atomic E-state index is 0.123. The lowest BCUT2D eigenvalue weighted by atomic mass is 10.2. The summed E-state index contributed by atoms with van der Waals surface area (Å²) < 4.78 is 4.28. The van der Waals surface area contributed by atoms with E-state index in [0.717, 1.165) is 46.6 Å². The van der Waals surface area contributed by atoms with Crippen LogP contribution in [-0.4, -0.2) is 30.9 Å². The molecule has 0 atom stereocenters. The first-order valence-corrected chi connectivity index (χ1v) is 11.8. The molecule has 30 heavy (non-hydrogen) atoms. The molecule has 0 saturated carbocycles. The predicted octanol–water partition coefficient (Wildman–Crippen LogP) is 5.47. The Morgan fingerprint density at radius 3 is 2.57 bits per heavy atom. The Bertz CT molecular complexity index is 1140. The molecule has 0 amide bonds. The Balaban J connectivity index is 1.50. The molecule has 0 aliphatic heterocycles. The van der Waals surface area contributed by atoms with Crippen molar-refractivity contribution in [3.63, 3.8) is 0 Å². The van der Waals surface area contributed by atoms with Crippen molar-refractivity contribution in [1.82, 2.24) is 19.3 Å². The van der Waals surface area contributed by atoms with Crippen LogP contribution >= 0.6 is 23.1 Å². The molecule has 0 N–H and O–H groups in total. The van der Waals surface area contributed by atoms with Crippen LogP contribution in [0, 0.1) is 13.8 Å². The van der Waals surface area contributed by atoms with E-state index in [-0.39, 0.29) is 5.78 Å². The second kappa shape index (κ2) is 9.02. The zero-order valence-electron chi connectivity index (χ0n) is 17.3. The number of hydrogen-bond acceptors (Lipinski definition) is 5. The van der Waals surface area contributed by atoms with Crippen LogP contribution in [0.2, 0.25) is 0 Å². The molecule has 0 unspecified atom stereocenters. The van der Waals surface area contributed by atoms with Crippen LogP contribution < -0.4 is 0 Å². The van der Waals surface area contributed by atoms with Gasteiger partial charge in [0.2, 0.25) is 0 Å². The Labute approximate surface area is 184 Å². The summed E-state index contributed by atoms with van der Waals surface area (Å²) in [6.45, 7) is 7.72. The maximum Gasteiger partial charge on any atom is 0.191 e. The van der Waals surface area contributed by atoms with Gasteiger partial charge in [-0.1, -0.05) is 48.2 Å². The molecule has 3 aromatic heterocycles. The van der Waals surface area contributed by atoms with Crippen LogP contribution in [0.25, 0.3) is 11.4 Å². The van der Waals surface area contributed by atoms with Gasteiger partial charge in [-0.15, -0.1) is 21.5 Å². The summed E-state index contributed by atoms with van der Waals surface area (Å²) in [6.07, 6.45) is 0. The van der Waals surface area contributed by atoms with Crippen molar-refractivity contribution < 1.29 is 4.79 Å². The van der Waals surface area contributed by atoms with Crippen LogP contribution in [0.3, 0.4) is 0 Å². The molecule has 0 aliphatic rings. The van der Waals surface area contributed by atoms with Crippen molar-refractivity contribution >= 4 is 28.9 Å². The Morgan fingerprint density at radius 1 is 1.07 bits per heavy atom. The highest BCUT2D eigenvalue weighted by Crippen LogP contribution is 2.26. The number of thiophene rings is 1. The third-order valence-electron chi connectivity index (χ3n) is 5.17. The van der Waals surface area contributed by atoms with Crippen molar-refractivity contribution in [2.75, 3.05) is 5.75 Å². The van der Waals surface area contributed by atoms with E-state index >= 15 is 0 Å². The Hall–Kier alpha value is -2.64. The normalized spacial score (nSPS) is 11.2. The van der Waals surface area contributed by atoms with Crippen molar-refractivity contribution in [3.05, 3.63) is 75.7 Å². The highest BCUT2D eigenvalue weighted by atomic mass is 32.2. The lowest BCUT2D eigenvalue weighted by Gasteiger charge is -2.09. The number of aromatic nitrogens is 4. The fourth-order valence-electron chi connectivity index (χ4n) is 3.57. The van der Waals surface area contributed by atoms with E-state index in [1.165, 1.54) is 16.6 Å². The van der Waals surface area contributed by atoms with E-state index in [4.69, 9.17) is 0 Å². The standard InChI is InChI=1S/C23H24N4OS2/c1-4-26-22(18-9-6-5-7-10-18)24-25-23(26)30-15-21(28)20-13-16(2)27(17(20)3)14-19-11-8-12-29-19/h5-13H,4,14-15H2,1-3H3. The first-order valence-electron chi connectivity index (χ1n) is 9.92. The van der Waals surface area contributed by atoms with Gasteiger partial charge < -0.3 is 9.13 Å². The average molecular weight is 437 g/mol. The molecule has 0 radical (unpaired) electrons. The third-order valence-corrected chi connectivity index (χ3v) is 6.99. The number of ketones is 1. The van der Waals surface area contributed by atoms with E-state index in [0.29, 0.717) is 5.75 Å². The van der Waals surface area contributed by atoms with Gasteiger partial charge >= 0.3 is 0 Å². The molecule has 4 rings (SSSR count). The average Bonchev–Trinajstić information content (AvgIpc) is 3.48. The largest absolute Gasteiger partial charge is 0.343 e. The summed E-state index contributed by atoms with van der Waals surface area (Å²) in [5, 5.41) is 11.6. The predicted molar refractivity (Wildman–Crippen MR) is 124 cm³/mol. The van der Waals surface area contributed by atoms with Gasteiger partial charge in [0.25, 0.3) is 0 Å². The van der Waals surface area contributed by atoms with Gasteiger partial charge in [0, 0.05) is 33.9 Å². The smallest absolute Gasteiger partial charge is 0.191 e. The molecule has 1 aromatic carbocycles. The van der Waals surface area contributed by atoms with Crippen LogP contribution in [-0.2, 0) is 13.1 Å². The molecule has 0 saturated heterocycles. The first-order chi connectivity index (χ1) is 14.6. The summed E-state index contributed by atoms with van der Waals surface area (Å²) >= 11 is 3.19. The number of thioether (sulfide) groups is 1. The number of carbonyl (C=O) groups is 1. The van der Waals surface area contributed by atoms with Crippen molar-refractivity contribution in [1.29, 1.82) is 0 Å². The summed E-state index contributed by atoms with van der Waals surface area (Å²) in [4.78, 5) is 14.3. The van der Waals surface area contributed by atoms with Crippen LogP contribution in [0.4, 0.5) is 0 Å². The highest BCUT2D eigenvalue weighted by Gasteiger charge is 2.19. The topological polar surface area (TPSA) is 52.7 Å². The molecule has 154 valence electrons. The molecule has 4 aromatic rings. The number of nitrogens with zero attached hydrogens (tertiary/aromatic N) is 4. The maximum atomic E-state index is 13.0. The van der Waals surface area contributed by atoms with Gasteiger partial charge in [0.1, 0.15) is 0 Å². The minimum atomic E-state index is 0.123. The van der Waals surface area contributed by atoms with Crippen LogP contribution in [0.1, 0.15) is 33.5 Å². The second-order valence-electron chi connectivity index (χ2n) is 7.08. The monoisotopic (exact) mass is 436 g/mol. The molecule has 0 spiro atoms. The summed E-state index contributed by atoms with van der Waals surface area (Å²) in [5.74, 6) is 1.30.